The summed E-state index contributed by atoms with van der Waals surface area (Å²) < 4.78 is 0. The number of allylic oxidation sites excluding steroid dienone is 5. The average molecular weight is 363 g/mol. The molecule has 0 rings (SSSR count). The molecule has 1 atom stereocenters. The van der Waals surface area contributed by atoms with Gasteiger partial charge >= 0.3 is 0 Å². The molecule has 0 spiro atoms. The number of aliphatic hydroxyl groups is 1. The lowest BCUT2D eigenvalue weighted by Crippen LogP contribution is -2.33. The molecule has 0 heterocycles. The van der Waals surface area contributed by atoms with Crippen molar-refractivity contribution in [3.05, 3.63) is 36.0 Å². The second-order valence-electron chi connectivity index (χ2n) is 5.64. The Morgan fingerprint density at radius 2 is 1.92 bits per heavy atom. The van der Waals surface area contributed by atoms with Crippen molar-refractivity contribution in [3.63, 3.8) is 0 Å². The van der Waals surface area contributed by atoms with Crippen molar-refractivity contribution in [1.82, 2.24) is 10.2 Å². The Kier molecular flexibility index (Phi) is 18.9. The summed E-state index contributed by atoms with van der Waals surface area (Å²) in [7, 11) is 1.74. The summed E-state index contributed by atoms with van der Waals surface area (Å²) in [5.41, 5.74) is 0.940. The minimum atomic E-state index is -0.230. The van der Waals surface area contributed by atoms with Crippen molar-refractivity contribution < 1.29 is 14.7 Å². The maximum Gasteiger partial charge on any atom is 0.244 e. The maximum absolute atomic E-state index is 11.4. The van der Waals surface area contributed by atoms with E-state index in [1.807, 2.05) is 26.0 Å². The van der Waals surface area contributed by atoms with Gasteiger partial charge in [-0.3, -0.25) is 9.59 Å². The van der Waals surface area contributed by atoms with Gasteiger partial charge in [0.05, 0.1) is 6.61 Å². The normalized spacial score (nSPS) is 12.0. The van der Waals surface area contributed by atoms with Gasteiger partial charge in [0, 0.05) is 37.7 Å². The topological polar surface area (TPSA) is 69.6 Å². The van der Waals surface area contributed by atoms with E-state index in [-0.39, 0.29) is 18.6 Å². The molecule has 0 aromatic carbocycles. The first kappa shape index (κ1) is 25.9. The summed E-state index contributed by atoms with van der Waals surface area (Å²) in [4.78, 5) is 22.6. The van der Waals surface area contributed by atoms with Gasteiger partial charge in [-0.05, 0) is 33.3 Å². The van der Waals surface area contributed by atoms with Crippen LogP contribution in [0.3, 0.4) is 0 Å². The first-order chi connectivity index (χ1) is 12.4. The number of carbonyl (C=O) groups excluding carboxylic acids is 2. The van der Waals surface area contributed by atoms with Crippen molar-refractivity contribution in [1.29, 1.82) is 0 Å². The van der Waals surface area contributed by atoms with Gasteiger partial charge in [-0.15, -0.1) is 0 Å². The Balaban J connectivity index is 0. The first-order valence-electron chi connectivity index (χ1n) is 9.01. The molecule has 0 aromatic heterocycles. The number of rotatable bonds is 9. The molecule has 5 heteroatoms. The van der Waals surface area contributed by atoms with Crippen LogP contribution in [0.1, 0.15) is 47.0 Å². The van der Waals surface area contributed by atoms with E-state index in [0.717, 1.165) is 37.8 Å². The molecule has 0 bridgehead atoms. The van der Waals surface area contributed by atoms with Gasteiger partial charge in [0.15, 0.2) is 0 Å². The molecule has 146 valence electrons. The van der Waals surface area contributed by atoms with E-state index in [9.17, 15) is 9.59 Å². The van der Waals surface area contributed by atoms with Gasteiger partial charge in [-0.1, -0.05) is 43.4 Å². The number of nitrogens with zero attached hydrogens (tertiary/aromatic N) is 1. The van der Waals surface area contributed by atoms with Crippen LogP contribution in [0.4, 0.5) is 0 Å². The molecule has 0 aromatic rings. The van der Waals surface area contributed by atoms with Gasteiger partial charge in [0.1, 0.15) is 0 Å². The molecule has 26 heavy (non-hydrogen) atoms. The van der Waals surface area contributed by atoms with Gasteiger partial charge in [-0.25, -0.2) is 0 Å². The van der Waals surface area contributed by atoms with Gasteiger partial charge in [0.2, 0.25) is 12.3 Å². The lowest BCUT2D eigenvalue weighted by Gasteiger charge is -2.07. The molecular weight excluding hydrogens is 328 g/mol. The van der Waals surface area contributed by atoms with E-state index in [2.05, 4.69) is 24.1 Å². The smallest absolute Gasteiger partial charge is 0.244 e. The van der Waals surface area contributed by atoms with Crippen molar-refractivity contribution in [2.45, 2.75) is 53.0 Å². The lowest BCUT2D eigenvalue weighted by atomic mass is 10.2. The lowest BCUT2D eigenvalue weighted by molar-refractivity contribution is -0.117. The van der Waals surface area contributed by atoms with Gasteiger partial charge in [0.25, 0.3) is 0 Å². The quantitative estimate of drug-likeness (QED) is 0.218. The number of amides is 2. The van der Waals surface area contributed by atoms with E-state index in [1.54, 1.807) is 31.0 Å². The van der Waals surface area contributed by atoms with Gasteiger partial charge < -0.3 is 15.3 Å². The van der Waals surface area contributed by atoms with E-state index in [4.69, 9.17) is 5.11 Å². The Bertz CT molecular complexity index is 525. The molecule has 0 aliphatic heterocycles. The highest BCUT2D eigenvalue weighted by atomic mass is 16.3. The monoisotopic (exact) mass is 362 g/mol. The predicted molar refractivity (Wildman–Crippen MR) is 108 cm³/mol. The standard InChI is InChI=1S/C17H25NO2.C4H9NO/c1-4-6-7-8-11-16(5-2)12-9-10-13-17(20)18-15(3)14-19;1-3-5(2)4-6/h5,9-10,12-13,15,19H,4,6-7,14H2,1-3H3,(H,18,20);4H,3H2,1-2H3/b12-9-,13-10+,16-5-;. The summed E-state index contributed by atoms with van der Waals surface area (Å²) in [6.45, 7) is 8.48. The molecule has 0 saturated carbocycles. The van der Waals surface area contributed by atoms with Crippen molar-refractivity contribution in [3.8, 4) is 11.8 Å². The minimum absolute atomic E-state index is 0.0640. The first-order valence-corrected chi connectivity index (χ1v) is 9.01. The minimum Gasteiger partial charge on any atom is -0.394 e. The molecule has 2 N–H and O–H groups in total. The Hall–Kier alpha value is -2.32. The van der Waals surface area contributed by atoms with Crippen LogP contribution in [0.15, 0.2) is 36.0 Å². The fourth-order valence-electron chi connectivity index (χ4n) is 1.35. The Morgan fingerprint density at radius 3 is 2.38 bits per heavy atom. The molecule has 0 radical (unpaired) electrons. The molecular formula is C21H34N2O3. The maximum atomic E-state index is 11.4. The van der Waals surface area contributed by atoms with Crippen molar-refractivity contribution in [2.24, 2.45) is 0 Å². The number of hydrogen-bond acceptors (Lipinski definition) is 3. The number of unbranched alkanes of at least 4 members (excludes halogenated alkanes) is 2. The van der Waals surface area contributed by atoms with Crippen LogP contribution in [0.25, 0.3) is 0 Å². The van der Waals surface area contributed by atoms with Crippen LogP contribution in [-0.2, 0) is 9.59 Å². The van der Waals surface area contributed by atoms with Crippen LogP contribution in [0, 0.1) is 11.8 Å². The molecule has 0 fully saturated rings. The predicted octanol–water partition coefficient (Wildman–Crippen LogP) is 2.83. The highest BCUT2D eigenvalue weighted by molar-refractivity contribution is 5.87. The van der Waals surface area contributed by atoms with E-state index < -0.39 is 0 Å². The second kappa shape index (κ2) is 19.0. The zero-order valence-electron chi connectivity index (χ0n) is 16.8. The van der Waals surface area contributed by atoms with Crippen molar-refractivity contribution >= 4 is 12.3 Å². The van der Waals surface area contributed by atoms with Crippen LogP contribution in [-0.4, -0.2) is 48.6 Å². The largest absolute Gasteiger partial charge is 0.394 e. The van der Waals surface area contributed by atoms with E-state index >= 15 is 0 Å². The average Bonchev–Trinajstić information content (AvgIpc) is 2.66. The van der Waals surface area contributed by atoms with E-state index in [1.165, 1.54) is 6.08 Å². The zero-order chi connectivity index (χ0) is 20.2. The zero-order valence-corrected chi connectivity index (χ0v) is 16.8. The Morgan fingerprint density at radius 1 is 1.27 bits per heavy atom. The van der Waals surface area contributed by atoms with Crippen molar-refractivity contribution in [2.75, 3.05) is 20.2 Å². The number of carbonyl (C=O) groups is 2. The fourth-order valence-corrected chi connectivity index (χ4v) is 1.35. The Labute approximate surface area is 158 Å². The SMILES string of the molecule is CCN(C)C=O.C\C=C(C#CCCCC)/C=C\C=C\C(=O)NC(C)CO. The highest BCUT2D eigenvalue weighted by Crippen LogP contribution is 1.97. The summed E-state index contributed by atoms with van der Waals surface area (Å²) in [5.74, 6) is 6.00. The fraction of sp³-hybridized carbons (Fsp3) is 0.524. The van der Waals surface area contributed by atoms with Gasteiger partial charge in [-0.2, -0.15) is 0 Å². The molecule has 1 unspecified atom stereocenters. The third-order valence-corrected chi connectivity index (χ3v) is 3.17. The molecule has 0 aliphatic carbocycles. The highest BCUT2D eigenvalue weighted by Gasteiger charge is 2.00. The molecule has 5 nitrogen and oxygen atoms in total. The van der Waals surface area contributed by atoms with Crippen LogP contribution >= 0.6 is 0 Å². The van der Waals surface area contributed by atoms with Crippen LogP contribution in [0.5, 0.6) is 0 Å². The van der Waals surface area contributed by atoms with Crippen LogP contribution in [0.2, 0.25) is 0 Å². The molecule has 0 saturated heterocycles. The molecule has 2 amide bonds. The summed E-state index contributed by atoms with van der Waals surface area (Å²) in [6.07, 6.45) is 12.7. The summed E-state index contributed by atoms with van der Waals surface area (Å²) in [5, 5.41) is 11.4. The number of nitrogens with one attached hydrogen (secondary N) is 1. The molecule has 0 aliphatic rings. The second-order valence-corrected chi connectivity index (χ2v) is 5.64. The van der Waals surface area contributed by atoms with E-state index in [0.29, 0.717) is 0 Å². The third kappa shape index (κ3) is 18.0. The summed E-state index contributed by atoms with van der Waals surface area (Å²) >= 11 is 0. The van der Waals surface area contributed by atoms with Crippen LogP contribution < -0.4 is 5.32 Å². The number of aliphatic hydroxyl groups excluding tert-OH is 1. The number of hydrogen-bond donors (Lipinski definition) is 2. The summed E-state index contributed by atoms with van der Waals surface area (Å²) in [6, 6.07) is -0.230. The third-order valence-electron chi connectivity index (χ3n) is 3.17.